The molecule has 1 aromatic rings. The first kappa shape index (κ1) is 15.1. The van der Waals surface area contributed by atoms with E-state index in [4.69, 9.17) is 0 Å². The molecular weight excluding hydrogens is 256 g/mol. The standard InChI is InChI=1S/C19H30N2/c1-3-7-19(16-8-5-4-6-9-16)20-14-15-12-17-10-11-18(13-15)21(17)2/h4-6,8-9,15,17-20H,3,7,10-14H2,1-2H3. The van der Waals surface area contributed by atoms with E-state index < -0.39 is 0 Å². The smallest absolute Gasteiger partial charge is 0.0320 e. The molecule has 0 amide bonds. The summed E-state index contributed by atoms with van der Waals surface area (Å²) < 4.78 is 0. The number of fused-ring (bicyclic) bond motifs is 2. The Morgan fingerprint density at radius 3 is 2.43 bits per heavy atom. The molecular formula is C19H30N2. The Morgan fingerprint density at radius 1 is 1.14 bits per heavy atom. The summed E-state index contributed by atoms with van der Waals surface area (Å²) in [4.78, 5) is 2.64. The Morgan fingerprint density at radius 2 is 1.81 bits per heavy atom. The summed E-state index contributed by atoms with van der Waals surface area (Å²) >= 11 is 0. The maximum atomic E-state index is 3.87. The average molecular weight is 286 g/mol. The van der Waals surface area contributed by atoms with Gasteiger partial charge in [0.2, 0.25) is 0 Å². The minimum absolute atomic E-state index is 0.536. The van der Waals surface area contributed by atoms with Crippen molar-refractivity contribution in [3.8, 4) is 0 Å². The van der Waals surface area contributed by atoms with Crippen molar-refractivity contribution in [2.45, 2.75) is 63.6 Å². The lowest BCUT2D eigenvalue weighted by atomic mass is 9.90. The Kier molecular flexibility index (Phi) is 4.97. The van der Waals surface area contributed by atoms with Gasteiger partial charge in [0.15, 0.2) is 0 Å². The lowest BCUT2D eigenvalue weighted by Gasteiger charge is -2.37. The monoisotopic (exact) mass is 286 g/mol. The summed E-state index contributed by atoms with van der Waals surface area (Å²) in [7, 11) is 2.33. The van der Waals surface area contributed by atoms with E-state index in [0.717, 1.165) is 18.0 Å². The first-order valence-electron chi connectivity index (χ1n) is 8.78. The Hall–Kier alpha value is -0.860. The summed E-state index contributed by atoms with van der Waals surface area (Å²) in [5, 5.41) is 3.87. The molecule has 2 saturated heterocycles. The molecule has 2 heterocycles. The van der Waals surface area contributed by atoms with Crippen molar-refractivity contribution in [2.75, 3.05) is 13.6 Å². The number of hydrogen-bond donors (Lipinski definition) is 1. The predicted octanol–water partition coefficient (Wildman–Crippen LogP) is 3.99. The molecule has 0 aromatic heterocycles. The zero-order valence-electron chi connectivity index (χ0n) is 13.6. The molecule has 1 aromatic carbocycles. The Labute approximate surface area is 129 Å². The van der Waals surface area contributed by atoms with Gasteiger partial charge in [-0.2, -0.15) is 0 Å². The van der Waals surface area contributed by atoms with E-state index in [1.165, 1.54) is 50.6 Å². The second-order valence-corrected chi connectivity index (χ2v) is 7.05. The van der Waals surface area contributed by atoms with Crippen molar-refractivity contribution in [3.63, 3.8) is 0 Å². The molecule has 2 bridgehead atoms. The SMILES string of the molecule is CCCC(NCC1CC2CCC(C1)N2C)c1ccccc1. The molecule has 21 heavy (non-hydrogen) atoms. The molecule has 0 aliphatic carbocycles. The molecule has 2 nitrogen and oxygen atoms in total. The second-order valence-electron chi connectivity index (χ2n) is 7.05. The lowest BCUT2D eigenvalue weighted by Crippen LogP contribution is -2.43. The highest BCUT2D eigenvalue weighted by Gasteiger charge is 2.38. The average Bonchev–Trinajstić information content (AvgIpc) is 2.74. The molecule has 3 rings (SSSR count). The van der Waals surface area contributed by atoms with Crippen molar-refractivity contribution in [3.05, 3.63) is 35.9 Å². The van der Waals surface area contributed by atoms with Crippen LogP contribution in [0.4, 0.5) is 0 Å². The fourth-order valence-electron chi connectivity index (χ4n) is 4.36. The minimum atomic E-state index is 0.536. The van der Waals surface area contributed by atoms with Crippen LogP contribution in [0, 0.1) is 5.92 Å². The van der Waals surface area contributed by atoms with Gasteiger partial charge in [-0.25, -0.2) is 0 Å². The summed E-state index contributed by atoms with van der Waals surface area (Å²) in [5.74, 6) is 0.877. The highest BCUT2D eigenvalue weighted by molar-refractivity contribution is 5.18. The van der Waals surface area contributed by atoms with Crippen LogP contribution in [0.25, 0.3) is 0 Å². The first-order chi connectivity index (χ1) is 10.3. The number of hydrogen-bond acceptors (Lipinski definition) is 2. The van der Waals surface area contributed by atoms with Gasteiger partial charge in [-0.1, -0.05) is 43.7 Å². The van der Waals surface area contributed by atoms with Gasteiger partial charge in [-0.3, -0.25) is 0 Å². The van der Waals surface area contributed by atoms with E-state index in [1.807, 2.05) is 0 Å². The molecule has 0 spiro atoms. The quantitative estimate of drug-likeness (QED) is 0.850. The van der Waals surface area contributed by atoms with Crippen LogP contribution in [0.3, 0.4) is 0 Å². The van der Waals surface area contributed by atoms with Crippen LogP contribution in [-0.2, 0) is 0 Å². The summed E-state index contributed by atoms with van der Waals surface area (Å²) in [6, 6.07) is 13.2. The molecule has 3 unspecified atom stereocenters. The number of rotatable bonds is 6. The van der Waals surface area contributed by atoms with Crippen molar-refractivity contribution >= 4 is 0 Å². The molecule has 2 fully saturated rings. The fraction of sp³-hybridized carbons (Fsp3) is 0.684. The van der Waals surface area contributed by atoms with E-state index in [-0.39, 0.29) is 0 Å². The number of nitrogens with one attached hydrogen (secondary N) is 1. The number of nitrogens with zero attached hydrogens (tertiary/aromatic N) is 1. The maximum absolute atomic E-state index is 3.87. The van der Waals surface area contributed by atoms with Gasteiger partial charge < -0.3 is 10.2 Å². The van der Waals surface area contributed by atoms with Gasteiger partial charge in [0, 0.05) is 18.1 Å². The fourth-order valence-corrected chi connectivity index (χ4v) is 4.36. The lowest BCUT2D eigenvalue weighted by molar-refractivity contribution is 0.131. The third kappa shape index (κ3) is 3.49. The van der Waals surface area contributed by atoms with E-state index >= 15 is 0 Å². The zero-order chi connectivity index (χ0) is 14.7. The van der Waals surface area contributed by atoms with Gasteiger partial charge in [-0.15, -0.1) is 0 Å². The van der Waals surface area contributed by atoms with Gasteiger partial charge in [0.25, 0.3) is 0 Å². The van der Waals surface area contributed by atoms with Crippen LogP contribution in [-0.4, -0.2) is 30.6 Å². The molecule has 1 N–H and O–H groups in total. The molecule has 2 heteroatoms. The van der Waals surface area contributed by atoms with Gasteiger partial charge in [-0.05, 0) is 57.2 Å². The van der Waals surface area contributed by atoms with Crippen LogP contribution in [0.2, 0.25) is 0 Å². The summed E-state index contributed by atoms with van der Waals surface area (Å²) in [5.41, 5.74) is 1.45. The Balaban J connectivity index is 1.55. The molecule has 2 aliphatic heterocycles. The topological polar surface area (TPSA) is 15.3 Å². The van der Waals surface area contributed by atoms with Crippen molar-refractivity contribution in [1.82, 2.24) is 10.2 Å². The minimum Gasteiger partial charge on any atom is -0.310 e. The van der Waals surface area contributed by atoms with Crippen molar-refractivity contribution in [2.24, 2.45) is 5.92 Å². The van der Waals surface area contributed by atoms with E-state index in [2.05, 4.69) is 54.5 Å². The van der Waals surface area contributed by atoms with Crippen LogP contribution in [0.5, 0.6) is 0 Å². The summed E-state index contributed by atoms with van der Waals surface area (Å²) in [6.07, 6.45) is 8.12. The zero-order valence-corrected chi connectivity index (χ0v) is 13.6. The van der Waals surface area contributed by atoms with Crippen LogP contribution >= 0.6 is 0 Å². The molecule has 0 saturated carbocycles. The second kappa shape index (κ2) is 6.93. The van der Waals surface area contributed by atoms with Crippen LogP contribution in [0.15, 0.2) is 30.3 Å². The van der Waals surface area contributed by atoms with Crippen LogP contribution in [0.1, 0.15) is 57.1 Å². The van der Waals surface area contributed by atoms with Crippen molar-refractivity contribution < 1.29 is 0 Å². The van der Waals surface area contributed by atoms with Gasteiger partial charge in [0.1, 0.15) is 0 Å². The molecule has 0 radical (unpaired) electrons. The highest BCUT2D eigenvalue weighted by atomic mass is 15.2. The van der Waals surface area contributed by atoms with Crippen molar-refractivity contribution in [1.29, 1.82) is 0 Å². The maximum Gasteiger partial charge on any atom is 0.0320 e. The van der Waals surface area contributed by atoms with E-state index in [1.54, 1.807) is 0 Å². The highest BCUT2D eigenvalue weighted by Crippen LogP contribution is 2.37. The first-order valence-corrected chi connectivity index (χ1v) is 8.78. The Bertz CT molecular complexity index is 416. The number of benzene rings is 1. The largest absolute Gasteiger partial charge is 0.310 e. The number of piperidine rings is 1. The van der Waals surface area contributed by atoms with E-state index in [9.17, 15) is 0 Å². The third-order valence-corrected chi connectivity index (χ3v) is 5.63. The summed E-state index contributed by atoms with van der Waals surface area (Å²) in [6.45, 7) is 3.48. The molecule has 2 aliphatic rings. The van der Waals surface area contributed by atoms with Gasteiger partial charge >= 0.3 is 0 Å². The van der Waals surface area contributed by atoms with Crippen LogP contribution < -0.4 is 5.32 Å². The van der Waals surface area contributed by atoms with Gasteiger partial charge in [0.05, 0.1) is 0 Å². The normalized spacial score (nSPS) is 30.5. The van der Waals surface area contributed by atoms with E-state index in [0.29, 0.717) is 6.04 Å². The molecule has 3 atom stereocenters. The third-order valence-electron chi connectivity index (χ3n) is 5.63. The predicted molar refractivity (Wildman–Crippen MR) is 89.4 cm³/mol. The molecule has 116 valence electrons.